The number of fused-ring (bicyclic) bond motifs is 5. The van der Waals surface area contributed by atoms with Gasteiger partial charge >= 0.3 is 0 Å². The van der Waals surface area contributed by atoms with Crippen LogP contribution in [-0.2, 0) is 11.4 Å². The molecule has 1 N–H and O–H groups in total. The molecule has 4 heterocycles. The Hall–Kier alpha value is -3.63. The van der Waals surface area contributed by atoms with Crippen molar-refractivity contribution in [1.82, 2.24) is 14.8 Å². The number of benzene rings is 1. The van der Waals surface area contributed by atoms with Crippen molar-refractivity contribution in [2.24, 2.45) is 5.16 Å². The molecule has 184 valence electrons. The Kier molecular flexibility index (Phi) is 5.26. The van der Waals surface area contributed by atoms with E-state index in [0.29, 0.717) is 37.9 Å². The summed E-state index contributed by atoms with van der Waals surface area (Å²) >= 11 is 0. The third-order valence-corrected chi connectivity index (χ3v) is 7.26. The summed E-state index contributed by atoms with van der Waals surface area (Å²) in [4.78, 5) is 46.6. The Morgan fingerprint density at radius 1 is 1.17 bits per heavy atom. The van der Waals surface area contributed by atoms with Crippen LogP contribution < -0.4 is 10.7 Å². The van der Waals surface area contributed by atoms with Crippen LogP contribution in [0.4, 0.5) is 13.2 Å². The first kappa shape index (κ1) is 23.1. The Labute approximate surface area is 198 Å². The number of carbonyl (C=O) groups excluding carboxylic acids is 2. The summed E-state index contributed by atoms with van der Waals surface area (Å²) in [5.41, 5.74) is -2.64. The number of carbonyl (C=O) groups is 2. The molecular weight excluding hydrogens is 465 g/mol. The summed E-state index contributed by atoms with van der Waals surface area (Å²) < 4.78 is 42.7. The molecule has 35 heavy (non-hydrogen) atoms. The molecule has 11 heteroatoms. The summed E-state index contributed by atoms with van der Waals surface area (Å²) in [5.74, 6) is -4.61. The van der Waals surface area contributed by atoms with Gasteiger partial charge in [-0.2, -0.15) is 0 Å². The molecule has 8 nitrogen and oxygen atoms in total. The number of nitrogens with zero attached hydrogens (tertiary/aromatic N) is 3. The average molecular weight is 488 g/mol. The van der Waals surface area contributed by atoms with Gasteiger partial charge in [-0.25, -0.2) is 13.2 Å². The first-order valence-corrected chi connectivity index (χ1v) is 11.2. The van der Waals surface area contributed by atoms with Crippen molar-refractivity contribution in [3.05, 3.63) is 68.9 Å². The molecule has 1 aromatic carbocycles. The average Bonchev–Trinajstić information content (AvgIpc) is 3.23. The number of oxime groups is 1. The molecule has 1 aromatic heterocycles. The van der Waals surface area contributed by atoms with Gasteiger partial charge in [0.15, 0.2) is 11.0 Å². The summed E-state index contributed by atoms with van der Waals surface area (Å²) in [5, 5.41) is 6.28. The fourth-order valence-corrected chi connectivity index (χ4v) is 5.11. The maximum Gasteiger partial charge on any atom is 0.271 e. The van der Waals surface area contributed by atoms with E-state index < -0.39 is 58.1 Å². The highest BCUT2D eigenvalue weighted by Gasteiger charge is 2.54. The largest absolute Gasteiger partial charge is 0.387 e. The lowest BCUT2D eigenvalue weighted by Crippen LogP contribution is -2.55. The number of pyridine rings is 1. The second kappa shape index (κ2) is 7.96. The molecule has 2 unspecified atom stereocenters. The summed E-state index contributed by atoms with van der Waals surface area (Å²) in [6, 6.07) is 1.71. The topological polar surface area (TPSA) is 93.0 Å². The van der Waals surface area contributed by atoms with E-state index >= 15 is 0 Å². The first-order valence-electron chi connectivity index (χ1n) is 11.2. The maximum absolute atomic E-state index is 14.0. The molecule has 0 radical (unpaired) electrons. The molecule has 2 atom stereocenters. The molecule has 5 rings (SSSR count). The predicted octanol–water partition coefficient (Wildman–Crippen LogP) is 2.91. The predicted molar refractivity (Wildman–Crippen MR) is 118 cm³/mol. The number of hydrogen-bond donors (Lipinski definition) is 1. The van der Waals surface area contributed by atoms with Gasteiger partial charge in [-0.1, -0.05) is 5.16 Å². The maximum atomic E-state index is 14.0. The third-order valence-electron chi connectivity index (χ3n) is 7.26. The Balaban J connectivity index is 1.52. The highest BCUT2D eigenvalue weighted by Crippen LogP contribution is 2.46. The zero-order valence-electron chi connectivity index (χ0n) is 19.1. The standard InChI is InChI=1S/C24H23F3N4O4/c1-23(2)3-4-24(5-6-29-35-24)20-12-31(23)22(34)18-9-19(32)15(11-30(18)20)21(33)28-10-14-16(26)7-13(25)8-17(14)27/h6-9,11,20H,3-5,10,12H2,1-2H3,(H,28,33). The SMILES string of the molecule is CC1(C)CCC2(CC=NO2)C2CN1C(=O)c1cc(=O)c(C(=O)NCc3c(F)cc(F)cc3F)cn12. The van der Waals surface area contributed by atoms with Gasteiger partial charge in [-0.05, 0) is 26.7 Å². The molecule has 3 aliphatic heterocycles. The Morgan fingerprint density at radius 3 is 2.54 bits per heavy atom. The van der Waals surface area contributed by atoms with E-state index in [2.05, 4.69) is 10.5 Å². The number of aromatic nitrogens is 1. The van der Waals surface area contributed by atoms with Crippen molar-refractivity contribution < 1.29 is 27.6 Å². The monoisotopic (exact) mass is 488 g/mol. The Bertz CT molecular complexity index is 1310. The van der Waals surface area contributed by atoms with E-state index in [1.807, 2.05) is 13.8 Å². The van der Waals surface area contributed by atoms with Crippen LogP contribution in [0.15, 0.2) is 34.3 Å². The zero-order chi connectivity index (χ0) is 25.1. The van der Waals surface area contributed by atoms with Crippen LogP contribution >= 0.6 is 0 Å². The van der Waals surface area contributed by atoms with E-state index in [9.17, 15) is 27.6 Å². The van der Waals surface area contributed by atoms with Gasteiger partial charge in [0.1, 0.15) is 28.7 Å². The second-order valence-corrected chi connectivity index (χ2v) is 9.77. The van der Waals surface area contributed by atoms with Crippen molar-refractivity contribution in [3.63, 3.8) is 0 Å². The summed E-state index contributed by atoms with van der Waals surface area (Å²) in [7, 11) is 0. The van der Waals surface area contributed by atoms with Gasteiger partial charge in [0.05, 0.1) is 6.04 Å². The lowest BCUT2D eigenvalue weighted by atomic mass is 9.85. The lowest BCUT2D eigenvalue weighted by Gasteiger charge is -2.44. The van der Waals surface area contributed by atoms with Crippen LogP contribution in [-0.4, -0.2) is 45.2 Å². The number of rotatable bonds is 3. The Morgan fingerprint density at radius 2 is 1.89 bits per heavy atom. The van der Waals surface area contributed by atoms with E-state index in [1.54, 1.807) is 15.7 Å². The van der Waals surface area contributed by atoms with Crippen LogP contribution in [0, 0.1) is 17.5 Å². The first-order chi connectivity index (χ1) is 16.5. The van der Waals surface area contributed by atoms with Gasteiger partial charge in [0.25, 0.3) is 11.8 Å². The van der Waals surface area contributed by atoms with E-state index in [0.717, 1.165) is 6.07 Å². The number of hydrogen-bond acceptors (Lipinski definition) is 5. The molecule has 2 amide bonds. The quantitative estimate of drug-likeness (QED) is 0.719. The highest BCUT2D eigenvalue weighted by molar-refractivity contribution is 5.97. The fourth-order valence-electron chi connectivity index (χ4n) is 5.11. The van der Waals surface area contributed by atoms with Crippen LogP contribution in [0.3, 0.4) is 0 Å². The van der Waals surface area contributed by atoms with E-state index in [-0.39, 0.29) is 17.2 Å². The molecule has 2 bridgehead atoms. The van der Waals surface area contributed by atoms with E-state index in [1.165, 1.54) is 6.20 Å². The number of nitrogens with one attached hydrogen (secondary N) is 1. The molecule has 1 saturated heterocycles. The van der Waals surface area contributed by atoms with E-state index in [4.69, 9.17) is 4.84 Å². The van der Waals surface area contributed by atoms with Crippen LogP contribution in [0.25, 0.3) is 0 Å². The minimum Gasteiger partial charge on any atom is -0.387 e. The molecule has 0 saturated carbocycles. The smallest absolute Gasteiger partial charge is 0.271 e. The zero-order valence-corrected chi connectivity index (χ0v) is 19.1. The van der Waals surface area contributed by atoms with Gasteiger partial charge < -0.3 is 19.6 Å². The van der Waals surface area contributed by atoms with Gasteiger partial charge in [-0.15, -0.1) is 0 Å². The van der Waals surface area contributed by atoms with Crippen molar-refractivity contribution in [2.45, 2.75) is 56.8 Å². The second-order valence-electron chi connectivity index (χ2n) is 9.77. The molecule has 2 aromatic rings. The molecule has 1 spiro atoms. The number of amides is 2. The van der Waals surface area contributed by atoms with Crippen molar-refractivity contribution >= 4 is 18.0 Å². The normalized spacial score (nSPS) is 24.2. The van der Waals surface area contributed by atoms with Gasteiger partial charge in [-0.3, -0.25) is 14.4 Å². The summed E-state index contributed by atoms with van der Waals surface area (Å²) in [6.45, 7) is 3.63. The van der Waals surface area contributed by atoms with Crippen LogP contribution in [0.1, 0.15) is 65.6 Å². The molecular formula is C24H23F3N4O4. The van der Waals surface area contributed by atoms with Crippen molar-refractivity contribution in [2.75, 3.05) is 6.54 Å². The van der Waals surface area contributed by atoms with Gasteiger partial charge in [0, 0.05) is 61.2 Å². The summed E-state index contributed by atoms with van der Waals surface area (Å²) in [6.07, 6.45) is 4.73. The lowest BCUT2D eigenvalue weighted by molar-refractivity contribution is -0.0654. The minimum atomic E-state index is -1.16. The highest BCUT2D eigenvalue weighted by atomic mass is 19.1. The van der Waals surface area contributed by atoms with Crippen molar-refractivity contribution in [1.29, 1.82) is 0 Å². The third kappa shape index (κ3) is 3.69. The molecule has 1 fully saturated rings. The molecule has 0 aliphatic carbocycles. The van der Waals surface area contributed by atoms with Gasteiger partial charge in [0.2, 0.25) is 0 Å². The molecule has 3 aliphatic rings. The van der Waals surface area contributed by atoms with Crippen LogP contribution in [0.5, 0.6) is 0 Å². The minimum absolute atomic E-state index is 0.128. The fraction of sp³-hybridized carbons (Fsp3) is 0.417. The van der Waals surface area contributed by atoms with Crippen molar-refractivity contribution in [3.8, 4) is 0 Å². The number of halogens is 3. The van der Waals surface area contributed by atoms with Crippen LogP contribution in [0.2, 0.25) is 0 Å².